The summed E-state index contributed by atoms with van der Waals surface area (Å²) in [5, 5.41) is 13.8. The largest absolute Gasteiger partial charge is 0.319 e. The molecule has 0 spiro atoms. The molecule has 0 fully saturated rings. The van der Waals surface area contributed by atoms with Gasteiger partial charge in [-0.05, 0) is 22.9 Å². The highest BCUT2D eigenvalue weighted by Gasteiger charge is 2.17. The van der Waals surface area contributed by atoms with Crippen LogP contribution in [0.4, 0.5) is 0 Å². The van der Waals surface area contributed by atoms with Gasteiger partial charge in [0.1, 0.15) is 0 Å². The lowest BCUT2D eigenvalue weighted by atomic mass is 10.0. The molecule has 3 heteroatoms. The van der Waals surface area contributed by atoms with Gasteiger partial charge < -0.3 is 4.57 Å². The first-order valence-electron chi connectivity index (χ1n) is 8.82. The molecule has 4 rings (SSSR count). The van der Waals surface area contributed by atoms with E-state index in [1.807, 2.05) is 31.2 Å². The highest BCUT2D eigenvalue weighted by Crippen LogP contribution is 2.38. The van der Waals surface area contributed by atoms with E-state index in [1.165, 1.54) is 16.2 Å². The molecule has 3 nitrogen and oxygen atoms in total. The van der Waals surface area contributed by atoms with Gasteiger partial charge in [0, 0.05) is 16.5 Å². The van der Waals surface area contributed by atoms with Crippen molar-refractivity contribution in [3.8, 4) is 6.07 Å². The van der Waals surface area contributed by atoms with Gasteiger partial charge in [-0.3, -0.25) is 0 Å². The van der Waals surface area contributed by atoms with E-state index in [2.05, 4.69) is 57.9 Å². The molecule has 0 N–H and O–H groups in total. The summed E-state index contributed by atoms with van der Waals surface area (Å²) in [5.41, 5.74) is 3.38. The lowest BCUT2D eigenvalue weighted by Gasteiger charge is -2.12. The van der Waals surface area contributed by atoms with E-state index in [9.17, 15) is 0 Å². The number of aromatic nitrogens is 1. The summed E-state index contributed by atoms with van der Waals surface area (Å²) in [6, 6.07) is 23.0. The van der Waals surface area contributed by atoms with E-state index in [0.29, 0.717) is 5.70 Å². The van der Waals surface area contributed by atoms with Gasteiger partial charge >= 0.3 is 0 Å². The molecule has 128 valence electrons. The summed E-state index contributed by atoms with van der Waals surface area (Å²) in [4.78, 5) is 3.70. The predicted octanol–water partition coefficient (Wildman–Crippen LogP) is 6.53. The van der Waals surface area contributed by atoms with Gasteiger partial charge in [-0.2, -0.15) is 5.26 Å². The Labute approximate surface area is 157 Å². The molecule has 0 aliphatic heterocycles. The van der Waals surface area contributed by atoms with Crippen LogP contribution in [0.3, 0.4) is 0 Å². The molecule has 0 aliphatic carbocycles. The van der Waals surface area contributed by atoms with E-state index in [0.717, 1.165) is 22.1 Å². The van der Waals surface area contributed by atoms with Crippen LogP contribution in [-0.2, 0) is 0 Å². The summed E-state index contributed by atoms with van der Waals surface area (Å²) in [6.45, 7) is 9.45. The van der Waals surface area contributed by atoms with Crippen LogP contribution < -0.4 is 0 Å². The molecule has 0 saturated carbocycles. The van der Waals surface area contributed by atoms with Crippen molar-refractivity contribution in [2.75, 3.05) is 0 Å². The average Bonchev–Trinajstić information content (AvgIpc) is 3.06. The summed E-state index contributed by atoms with van der Waals surface area (Å²) in [6.07, 6.45) is 3.90. The van der Waals surface area contributed by atoms with Crippen molar-refractivity contribution in [1.29, 1.82) is 5.26 Å². The fourth-order valence-corrected chi connectivity index (χ4v) is 3.72. The molecule has 0 amide bonds. The van der Waals surface area contributed by atoms with Crippen molar-refractivity contribution in [3.05, 3.63) is 89.9 Å². The van der Waals surface area contributed by atoms with Crippen LogP contribution in [0.15, 0.2) is 78.5 Å². The highest BCUT2D eigenvalue weighted by molar-refractivity contribution is 6.22. The first-order valence-corrected chi connectivity index (χ1v) is 8.82. The number of hydrogen-bond donors (Lipinski definition) is 0. The molecule has 0 radical (unpaired) electrons. The van der Waals surface area contributed by atoms with Gasteiger partial charge in [0.2, 0.25) is 5.70 Å². The third kappa shape index (κ3) is 2.58. The summed E-state index contributed by atoms with van der Waals surface area (Å²) in [5.74, 6) is 0. The Morgan fingerprint density at radius 1 is 1.04 bits per heavy atom. The van der Waals surface area contributed by atoms with Gasteiger partial charge in [-0.15, -0.1) is 0 Å². The molecule has 0 saturated heterocycles. The molecule has 4 aromatic rings. The molecule has 1 aromatic heterocycles. The van der Waals surface area contributed by atoms with Crippen LogP contribution in [0.2, 0.25) is 0 Å². The van der Waals surface area contributed by atoms with E-state index in [-0.39, 0.29) is 6.42 Å². The molecular weight excluding hydrogens is 330 g/mol. The minimum atomic E-state index is 0.254. The zero-order valence-electron chi connectivity index (χ0n) is 15.0. The summed E-state index contributed by atoms with van der Waals surface area (Å²) in [7, 11) is 0. The Hall–Kier alpha value is -3.82. The second kappa shape index (κ2) is 6.83. The van der Waals surface area contributed by atoms with Crippen molar-refractivity contribution >= 4 is 38.3 Å². The van der Waals surface area contributed by atoms with Gasteiger partial charge in [0.15, 0.2) is 0 Å². The van der Waals surface area contributed by atoms with Gasteiger partial charge in [0.05, 0.1) is 30.1 Å². The lowest BCUT2D eigenvalue weighted by molar-refractivity contribution is 1.19. The third-order valence-corrected chi connectivity index (χ3v) is 4.85. The molecule has 1 heterocycles. The van der Waals surface area contributed by atoms with Gasteiger partial charge in [-0.1, -0.05) is 67.6 Å². The highest BCUT2D eigenvalue weighted by atomic mass is 15.0. The van der Waals surface area contributed by atoms with Crippen LogP contribution in [0, 0.1) is 17.9 Å². The number of para-hydroxylation sites is 1. The van der Waals surface area contributed by atoms with Crippen molar-refractivity contribution in [3.63, 3.8) is 0 Å². The predicted molar refractivity (Wildman–Crippen MR) is 112 cm³/mol. The van der Waals surface area contributed by atoms with Crippen LogP contribution in [0.5, 0.6) is 0 Å². The van der Waals surface area contributed by atoms with Crippen molar-refractivity contribution in [2.24, 2.45) is 0 Å². The molecular formula is C24H17N3. The zero-order valence-corrected chi connectivity index (χ0v) is 15.0. The number of nitriles is 1. The van der Waals surface area contributed by atoms with E-state index < -0.39 is 0 Å². The zero-order chi connectivity index (χ0) is 18.8. The lowest BCUT2D eigenvalue weighted by Crippen LogP contribution is -1.98. The van der Waals surface area contributed by atoms with Crippen LogP contribution >= 0.6 is 0 Å². The van der Waals surface area contributed by atoms with Crippen LogP contribution in [0.1, 0.15) is 13.3 Å². The van der Waals surface area contributed by atoms with Gasteiger partial charge in [-0.25, -0.2) is 4.85 Å². The average molecular weight is 347 g/mol. The molecule has 3 aromatic carbocycles. The number of benzene rings is 3. The van der Waals surface area contributed by atoms with Crippen LogP contribution in [0.25, 0.3) is 43.1 Å². The topological polar surface area (TPSA) is 33.1 Å². The number of allylic oxidation sites excluding steroid dienone is 3. The Balaban J connectivity index is 2.22. The number of rotatable bonds is 3. The van der Waals surface area contributed by atoms with E-state index in [4.69, 9.17) is 11.8 Å². The van der Waals surface area contributed by atoms with Crippen molar-refractivity contribution < 1.29 is 0 Å². The third-order valence-electron chi connectivity index (χ3n) is 4.85. The normalized spacial score (nSPS) is 12.4. The molecule has 0 atom stereocenters. The Bertz CT molecular complexity index is 1320. The minimum Gasteiger partial charge on any atom is -0.319 e. The molecule has 0 bridgehead atoms. The fourth-order valence-electron chi connectivity index (χ4n) is 3.72. The maximum Gasteiger partial charge on any atom is 0.206 e. The van der Waals surface area contributed by atoms with Crippen LogP contribution in [-0.4, -0.2) is 4.57 Å². The Morgan fingerprint density at radius 3 is 2.52 bits per heavy atom. The van der Waals surface area contributed by atoms with Crippen molar-refractivity contribution in [1.82, 2.24) is 4.57 Å². The number of fused-ring (bicyclic) bond motifs is 5. The maximum atomic E-state index is 9.11. The standard InChI is InChI=1S/C24H17N3/c1-3-20(26-2)22(13-8-16-25)27-21-12-7-6-11-19(21)24-18-10-5-4-9-17(18)14-15-23(24)27/h3-7,9-15H,8H2,1H3/b20-3+,22-13+. The summed E-state index contributed by atoms with van der Waals surface area (Å²) < 4.78 is 2.11. The molecule has 0 unspecified atom stereocenters. The molecule has 0 aliphatic rings. The van der Waals surface area contributed by atoms with E-state index in [1.54, 1.807) is 6.08 Å². The second-order valence-electron chi connectivity index (χ2n) is 6.27. The number of nitrogens with zero attached hydrogens (tertiary/aromatic N) is 3. The smallest absolute Gasteiger partial charge is 0.206 e. The monoisotopic (exact) mass is 347 g/mol. The Kier molecular flexibility index (Phi) is 4.21. The second-order valence-corrected chi connectivity index (χ2v) is 6.27. The summed E-state index contributed by atoms with van der Waals surface area (Å²) >= 11 is 0. The minimum absolute atomic E-state index is 0.254. The van der Waals surface area contributed by atoms with E-state index >= 15 is 0 Å². The van der Waals surface area contributed by atoms with Gasteiger partial charge in [0.25, 0.3) is 0 Å². The maximum absolute atomic E-state index is 9.11. The fraction of sp³-hybridized carbons (Fsp3) is 0.0833. The quantitative estimate of drug-likeness (QED) is 0.306. The Morgan fingerprint density at radius 2 is 1.78 bits per heavy atom. The SMILES string of the molecule is [C-]#[N+]C(=C/C)/C(=C\CC#N)n1c2ccccc2c2c3ccccc3ccc21. The molecule has 27 heavy (non-hydrogen) atoms. The first-order chi connectivity index (χ1) is 13.3. The van der Waals surface area contributed by atoms with Crippen molar-refractivity contribution in [2.45, 2.75) is 13.3 Å². The first kappa shape index (κ1) is 16.6. The number of hydrogen-bond acceptors (Lipinski definition) is 1.